The van der Waals surface area contributed by atoms with Crippen molar-refractivity contribution >= 4 is 11.9 Å². The summed E-state index contributed by atoms with van der Waals surface area (Å²) in [6, 6.07) is 9.30. The molecule has 0 aromatic heterocycles. The maximum atomic E-state index is 12.6. The fourth-order valence-corrected chi connectivity index (χ4v) is 4.00. The number of amides is 1. The summed E-state index contributed by atoms with van der Waals surface area (Å²) in [5.74, 6) is 0.263. The number of hydrogen-bond acceptors (Lipinski definition) is 3. The zero-order chi connectivity index (χ0) is 13.0. The van der Waals surface area contributed by atoms with Gasteiger partial charge >= 0.3 is 5.97 Å². The fraction of sp³-hybridized carbons (Fsp3) is 0.467. The minimum atomic E-state index is -0.329. The molecule has 4 nitrogen and oxygen atoms in total. The predicted octanol–water partition coefficient (Wildman–Crippen LogP) is 1.46. The fourth-order valence-electron chi connectivity index (χ4n) is 4.00. The van der Waals surface area contributed by atoms with E-state index < -0.39 is 0 Å². The second kappa shape index (κ2) is 3.59. The van der Waals surface area contributed by atoms with Crippen LogP contribution in [0, 0.1) is 11.8 Å². The van der Waals surface area contributed by atoms with Crippen LogP contribution in [0.25, 0.3) is 0 Å². The van der Waals surface area contributed by atoms with E-state index in [4.69, 9.17) is 4.74 Å². The molecule has 4 rings (SSSR count). The lowest BCUT2D eigenvalue weighted by Crippen LogP contribution is -2.63. The molecule has 0 unspecified atom stereocenters. The molecule has 0 N–H and O–H groups in total. The van der Waals surface area contributed by atoms with Crippen molar-refractivity contribution in [2.45, 2.75) is 18.4 Å². The molecule has 4 heteroatoms. The molecule has 2 heterocycles. The van der Waals surface area contributed by atoms with Crippen molar-refractivity contribution in [3.05, 3.63) is 35.9 Å². The van der Waals surface area contributed by atoms with Crippen LogP contribution in [-0.2, 0) is 9.53 Å². The van der Waals surface area contributed by atoms with Crippen molar-refractivity contribution in [2.75, 3.05) is 13.2 Å². The number of likely N-dealkylation sites (tertiary alicyclic amines) is 1. The van der Waals surface area contributed by atoms with Gasteiger partial charge in [-0.1, -0.05) is 18.2 Å². The van der Waals surface area contributed by atoms with Gasteiger partial charge in [-0.05, 0) is 30.9 Å². The number of hydrogen-bond donors (Lipinski definition) is 0. The molecule has 1 spiro atoms. The minimum Gasteiger partial charge on any atom is -0.463 e. The maximum absolute atomic E-state index is 12.6. The molecule has 2 aliphatic heterocycles. The summed E-state index contributed by atoms with van der Waals surface area (Å²) >= 11 is 0. The van der Waals surface area contributed by atoms with Crippen molar-refractivity contribution in [3.63, 3.8) is 0 Å². The first kappa shape index (κ1) is 11.0. The van der Waals surface area contributed by atoms with Gasteiger partial charge in [0, 0.05) is 12.1 Å². The van der Waals surface area contributed by atoms with Crippen molar-refractivity contribution < 1.29 is 14.3 Å². The van der Waals surface area contributed by atoms with Crippen molar-refractivity contribution in [3.8, 4) is 0 Å². The molecule has 1 aromatic carbocycles. The van der Waals surface area contributed by atoms with E-state index in [0.717, 1.165) is 19.4 Å². The first-order valence-corrected chi connectivity index (χ1v) is 6.77. The van der Waals surface area contributed by atoms with E-state index in [-0.39, 0.29) is 23.3 Å². The van der Waals surface area contributed by atoms with Crippen LogP contribution in [0.15, 0.2) is 30.3 Å². The summed E-state index contributed by atoms with van der Waals surface area (Å²) in [7, 11) is 0. The average molecular weight is 257 g/mol. The number of nitrogens with zero attached hydrogens (tertiary/aromatic N) is 1. The highest BCUT2D eigenvalue weighted by molar-refractivity contribution is 5.96. The van der Waals surface area contributed by atoms with E-state index in [9.17, 15) is 9.59 Å². The van der Waals surface area contributed by atoms with Crippen LogP contribution < -0.4 is 0 Å². The summed E-state index contributed by atoms with van der Waals surface area (Å²) in [6.07, 6.45) is 1.88. The smallest absolute Gasteiger partial charge is 0.311 e. The van der Waals surface area contributed by atoms with Gasteiger partial charge < -0.3 is 9.64 Å². The Bertz CT molecular complexity index is 556. The highest BCUT2D eigenvalue weighted by atomic mass is 16.5. The van der Waals surface area contributed by atoms with E-state index in [0.29, 0.717) is 18.1 Å². The monoisotopic (exact) mass is 257 g/mol. The molecule has 98 valence electrons. The Morgan fingerprint density at radius 1 is 1.32 bits per heavy atom. The van der Waals surface area contributed by atoms with Crippen LogP contribution >= 0.6 is 0 Å². The zero-order valence-electron chi connectivity index (χ0n) is 10.5. The predicted molar refractivity (Wildman–Crippen MR) is 67.4 cm³/mol. The molecular formula is C15H15NO3. The SMILES string of the molecule is O=C1OC[C@]23[C@H](CCN2C(=O)c2ccccc2)C[C@@H]13. The first-order chi connectivity index (χ1) is 9.23. The van der Waals surface area contributed by atoms with Crippen molar-refractivity contribution in [1.29, 1.82) is 0 Å². The van der Waals surface area contributed by atoms with Gasteiger partial charge in [0.05, 0.1) is 11.5 Å². The Labute approximate surface area is 111 Å². The number of ether oxygens (including phenoxy) is 1. The molecule has 3 atom stereocenters. The normalized spacial score (nSPS) is 35.4. The quantitative estimate of drug-likeness (QED) is 0.716. The maximum Gasteiger partial charge on any atom is 0.311 e. The summed E-state index contributed by atoms with van der Waals surface area (Å²) in [4.78, 5) is 26.3. The molecule has 3 fully saturated rings. The molecule has 0 radical (unpaired) electrons. The second-order valence-corrected chi connectivity index (χ2v) is 5.70. The van der Waals surface area contributed by atoms with Crippen LogP contribution in [0.5, 0.6) is 0 Å². The topological polar surface area (TPSA) is 46.6 Å². The summed E-state index contributed by atoms with van der Waals surface area (Å²) in [5, 5.41) is 0. The first-order valence-electron chi connectivity index (χ1n) is 6.77. The molecule has 2 saturated heterocycles. The average Bonchev–Trinajstić information content (AvgIpc) is 2.84. The van der Waals surface area contributed by atoms with Crippen LogP contribution in [0.2, 0.25) is 0 Å². The largest absolute Gasteiger partial charge is 0.463 e. The Balaban J connectivity index is 1.69. The molecule has 1 aromatic rings. The van der Waals surface area contributed by atoms with E-state index in [2.05, 4.69) is 0 Å². The molecule has 3 aliphatic rings. The number of benzene rings is 1. The summed E-state index contributed by atoms with van der Waals surface area (Å²) in [6.45, 7) is 1.13. The third-order valence-corrected chi connectivity index (χ3v) is 5.03. The van der Waals surface area contributed by atoms with Gasteiger partial charge in [0.1, 0.15) is 6.61 Å². The van der Waals surface area contributed by atoms with Crippen molar-refractivity contribution in [2.24, 2.45) is 11.8 Å². The Hall–Kier alpha value is -1.84. The van der Waals surface area contributed by atoms with Crippen LogP contribution in [0.4, 0.5) is 0 Å². The highest BCUT2D eigenvalue weighted by Crippen LogP contribution is 2.58. The number of esters is 1. The lowest BCUT2D eigenvalue weighted by atomic mass is 9.60. The third kappa shape index (κ3) is 1.24. The van der Waals surface area contributed by atoms with Gasteiger partial charge in [-0.3, -0.25) is 9.59 Å². The molecule has 1 amide bonds. The van der Waals surface area contributed by atoms with E-state index in [1.165, 1.54) is 0 Å². The van der Waals surface area contributed by atoms with Gasteiger partial charge in [0.2, 0.25) is 0 Å². The highest BCUT2D eigenvalue weighted by Gasteiger charge is 2.69. The van der Waals surface area contributed by atoms with Gasteiger partial charge in [-0.15, -0.1) is 0 Å². The van der Waals surface area contributed by atoms with Crippen LogP contribution in [0.3, 0.4) is 0 Å². The van der Waals surface area contributed by atoms with Crippen molar-refractivity contribution in [1.82, 2.24) is 4.90 Å². The van der Waals surface area contributed by atoms with Crippen LogP contribution in [0.1, 0.15) is 23.2 Å². The Kier molecular flexibility index (Phi) is 2.08. The van der Waals surface area contributed by atoms with E-state index in [1.54, 1.807) is 0 Å². The molecule has 19 heavy (non-hydrogen) atoms. The van der Waals surface area contributed by atoms with Gasteiger partial charge in [0.15, 0.2) is 0 Å². The van der Waals surface area contributed by atoms with E-state index in [1.807, 2.05) is 35.2 Å². The molecular weight excluding hydrogens is 242 g/mol. The third-order valence-electron chi connectivity index (χ3n) is 5.03. The minimum absolute atomic E-state index is 0.0334. The molecule has 1 aliphatic carbocycles. The lowest BCUT2D eigenvalue weighted by molar-refractivity contribution is -0.143. The van der Waals surface area contributed by atoms with Gasteiger partial charge in [-0.25, -0.2) is 0 Å². The van der Waals surface area contributed by atoms with E-state index >= 15 is 0 Å². The number of carbonyl (C=O) groups excluding carboxylic acids is 2. The zero-order valence-corrected chi connectivity index (χ0v) is 10.5. The standard InChI is InChI=1S/C15H15NO3/c17-13(10-4-2-1-3-5-10)16-7-6-11-8-12-14(18)19-9-15(11,12)16/h1-5,11-12H,6-9H2/t11-,12+,15-/m1/s1. The van der Waals surface area contributed by atoms with Gasteiger partial charge in [0.25, 0.3) is 5.91 Å². The Morgan fingerprint density at radius 3 is 2.84 bits per heavy atom. The van der Waals surface area contributed by atoms with Crippen LogP contribution in [-0.4, -0.2) is 35.5 Å². The summed E-state index contributed by atoms with van der Waals surface area (Å²) in [5.41, 5.74) is 0.367. The van der Waals surface area contributed by atoms with Gasteiger partial charge in [-0.2, -0.15) is 0 Å². The Morgan fingerprint density at radius 2 is 2.11 bits per heavy atom. The molecule has 1 saturated carbocycles. The lowest BCUT2D eigenvalue weighted by Gasteiger charge is -2.49. The number of cyclic esters (lactones) is 1. The summed E-state index contributed by atoms with van der Waals surface area (Å²) < 4.78 is 5.23. The second-order valence-electron chi connectivity index (χ2n) is 5.70. The molecule has 0 bridgehead atoms. The number of carbonyl (C=O) groups is 2. The number of rotatable bonds is 1.